The van der Waals surface area contributed by atoms with E-state index in [0.29, 0.717) is 0 Å². The third kappa shape index (κ3) is 4.74. The first-order valence-electron chi connectivity index (χ1n) is 12.0. The van der Waals surface area contributed by atoms with Crippen LogP contribution in [0.4, 0.5) is 0 Å². The predicted molar refractivity (Wildman–Crippen MR) is 150 cm³/mol. The van der Waals surface area contributed by atoms with Crippen LogP contribution >= 0.6 is 0 Å². The van der Waals surface area contributed by atoms with Gasteiger partial charge in [0.1, 0.15) is 23.0 Å². The van der Waals surface area contributed by atoms with Gasteiger partial charge in [0, 0.05) is 11.1 Å². The maximum absolute atomic E-state index is 12.1. The zero-order valence-electron chi connectivity index (χ0n) is 21.1. The van der Waals surface area contributed by atoms with E-state index < -0.39 is 0 Å². The van der Waals surface area contributed by atoms with Crippen molar-refractivity contribution in [1.29, 1.82) is 0 Å². The Kier molecular flexibility index (Phi) is 6.82. The Morgan fingerprint density at radius 2 is 0.919 bits per heavy atom. The number of rotatable bonds is 7. The number of hydrogen-bond donors (Lipinski definition) is 1. The zero-order valence-corrected chi connectivity index (χ0v) is 21.1. The first kappa shape index (κ1) is 24.0. The molecule has 5 rings (SSSR count). The predicted octanol–water partition coefficient (Wildman–Crippen LogP) is 8.09. The van der Waals surface area contributed by atoms with Crippen LogP contribution in [0.2, 0.25) is 0 Å². The van der Waals surface area contributed by atoms with Crippen molar-refractivity contribution >= 4 is 0 Å². The number of benzene rings is 5. The monoisotopic (exact) mass is 488 g/mol. The highest BCUT2D eigenvalue weighted by Crippen LogP contribution is 2.50. The molecule has 0 aromatic heterocycles. The molecule has 0 aliphatic rings. The van der Waals surface area contributed by atoms with E-state index in [9.17, 15) is 5.11 Å². The van der Waals surface area contributed by atoms with E-state index in [4.69, 9.17) is 14.2 Å². The molecule has 4 heteroatoms. The molecular formula is C33H28O4. The molecule has 37 heavy (non-hydrogen) atoms. The second-order valence-corrected chi connectivity index (χ2v) is 8.63. The van der Waals surface area contributed by atoms with Crippen molar-refractivity contribution in [3.63, 3.8) is 0 Å². The summed E-state index contributed by atoms with van der Waals surface area (Å²) in [6.07, 6.45) is 0. The van der Waals surface area contributed by atoms with Crippen LogP contribution in [0.25, 0.3) is 44.5 Å². The smallest absolute Gasteiger partial charge is 0.132 e. The summed E-state index contributed by atoms with van der Waals surface area (Å²) in [5, 5.41) is 12.1. The minimum Gasteiger partial charge on any atom is -0.507 e. The van der Waals surface area contributed by atoms with Crippen molar-refractivity contribution in [2.75, 3.05) is 21.3 Å². The highest BCUT2D eigenvalue weighted by Gasteiger charge is 2.22. The molecule has 0 saturated carbocycles. The van der Waals surface area contributed by atoms with Crippen molar-refractivity contribution in [3.8, 4) is 67.5 Å². The lowest BCUT2D eigenvalue weighted by Crippen LogP contribution is -1.95. The van der Waals surface area contributed by atoms with Crippen LogP contribution in [0, 0.1) is 0 Å². The molecule has 5 aromatic rings. The Morgan fingerprint density at radius 1 is 0.432 bits per heavy atom. The Bertz CT molecular complexity index is 1510. The van der Waals surface area contributed by atoms with Gasteiger partial charge in [0.15, 0.2) is 0 Å². The summed E-state index contributed by atoms with van der Waals surface area (Å²) < 4.78 is 16.3. The molecule has 0 aliphatic carbocycles. The lowest BCUT2D eigenvalue weighted by Gasteiger charge is -2.21. The highest BCUT2D eigenvalue weighted by molar-refractivity contribution is 6.00. The van der Waals surface area contributed by atoms with E-state index in [1.54, 1.807) is 21.3 Å². The molecule has 184 valence electrons. The molecule has 0 spiro atoms. The van der Waals surface area contributed by atoms with Gasteiger partial charge in [-0.15, -0.1) is 0 Å². The summed E-state index contributed by atoms with van der Waals surface area (Å²) in [5.74, 6) is 2.46. The highest BCUT2D eigenvalue weighted by atomic mass is 16.5. The van der Waals surface area contributed by atoms with Crippen LogP contribution in [0.3, 0.4) is 0 Å². The maximum Gasteiger partial charge on any atom is 0.132 e. The SMILES string of the molecule is COc1ccc(-c2c(-c3ccccc3)cc(-c3cccc(OC)c3)c(-c3ccc(OC)cc3)c2O)cc1. The van der Waals surface area contributed by atoms with Gasteiger partial charge in [-0.25, -0.2) is 0 Å². The Labute approximate surface area is 217 Å². The van der Waals surface area contributed by atoms with Gasteiger partial charge in [-0.1, -0.05) is 66.7 Å². The molecule has 0 aliphatic heterocycles. The zero-order chi connectivity index (χ0) is 25.8. The van der Waals surface area contributed by atoms with Crippen LogP contribution in [0.15, 0.2) is 109 Å². The number of aromatic hydroxyl groups is 1. The van der Waals surface area contributed by atoms with Crippen LogP contribution in [-0.4, -0.2) is 26.4 Å². The normalized spacial score (nSPS) is 10.7. The fraction of sp³-hybridized carbons (Fsp3) is 0.0909. The van der Waals surface area contributed by atoms with Gasteiger partial charge < -0.3 is 19.3 Å². The van der Waals surface area contributed by atoms with Crippen LogP contribution < -0.4 is 14.2 Å². The molecule has 0 amide bonds. The molecule has 0 heterocycles. The van der Waals surface area contributed by atoms with Crippen molar-refractivity contribution in [1.82, 2.24) is 0 Å². The second-order valence-electron chi connectivity index (χ2n) is 8.63. The lowest BCUT2D eigenvalue weighted by atomic mass is 9.84. The van der Waals surface area contributed by atoms with Crippen molar-refractivity contribution in [3.05, 3.63) is 109 Å². The van der Waals surface area contributed by atoms with Gasteiger partial charge >= 0.3 is 0 Å². The number of phenolic OH excluding ortho intramolecular Hbond substituents is 1. The van der Waals surface area contributed by atoms with Gasteiger partial charge in [0.25, 0.3) is 0 Å². The Morgan fingerprint density at radius 3 is 1.43 bits per heavy atom. The molecule has 1 N–H and O–H groups in total. The second kappa shape index (κ2) is 10.5. The molecule has 0 saturated heterocycles. The average Bonchev–Trinajstić information content (AvgIpc) is 2.97. The van der Waals surface area contributed by atoms with E-state index >= 15 is 0 Å². The standard InChI is InChI=1S/C33H28O4/c1-35-26-16-12-23(13-17-26)31-29(22-8-5-4-6-9-22)21-30(25-10-7-11-28(20-25)37-3)32(33(31)34)24-14-18-27(36-2)19-15-24/h4-21,34H,1-3H3. The molecule has 4 nitrogen and oxygen atoms in total. The fourth-order valence-corrected chi connectivity index (χ4v) is 4.63. The summed E-state index contributed by atoms with van der Waals surface area (Å²) in [6, 6.07) is 35.7. The topological polar surface area (TPSA) is 47.9 Å². The summed E-state index contributed by atoms with van der Waals surface area (Å²) in [5.41, 5.74) is 7.05. The van der Waals surface area contributed by atoms with Crippen molar-refractivity contribution in [2.24, 2.45) is 0 Å². The number of hydrogen-bond acceptors (Lipinski definition) is 4. The van der Waals surface area contributed by atoms with Gasteiger partial charge in [0.05, 0.1) is 21.3 Å². The first-order valence-corrected chi connectivity index (χ1v) is 12.0. The first-order chi connectivity index (χ1) is 18.1. The van der Waals surface area contributed by atoms with Gasteiger partial charge in [-0.2, -0.15) is 0 Å². The quantitative estimate of drug-likeness (QED) is 0.251. The third-order valence-corrected chi connectivity index (χ3v) is 6.52. The largest absolute Gasteiger partial charge is 0.507 e. The van der Waals surface area contributed by atoms with Gasteiger partial charge in [-0.05, 0) is 75.8 Å². The van der Waals surface area contributed by atoms with Crippen LogP contribution in [-0.2, 0) is 0 Å². The summed E-state index contributed by atoms with van der Waals surface area (Å²) >= 11 is 0. The van der Waals surface area contributed by atoms with Crippen LogP contribution in [0.1, 0.15) is 0 Å². The molecular weight excluding hydrogens is 460 g/mol. The summed E-state index contributed by atoms with van der Waals surface area (Å²) in [4.78, 5) is 0. The number of ether oxygens (including phenoxy) is 3. The maximum atomic E-state index is 12.1. The van der Waals surface area contributed by atoms with E-state index in [0.717, 1.165) is 61.8 Å². The molecule has 0 radical (unpaired) electrons. The Hall–Kier alpha value is -4.70. The fourth-order valence-electron chi connectivity index (χ4n) is 4.63. The van der Waals surface area contributed by atoms with Crippen LogP contribution in [0.5, 0.6) is 23.0 Å². The summed E-state index contributed by atoms with van der Waals surface area (Å²) in [7, 11) is 4.94. The van der Waals surface area contributed by atoms with Gasteiger partial charge in [0.2, 0.25) is 0 Å². The summed E-state index contributed by atoms with van der Waals surface area (Å²) in [6.45, 7) is 0. The van der Waals surface area contributed by atoms with Crippen molar-refractivity contribution in [2.45, 2.75) is 0 Å². The Balaban J connectivity index is 1.86. The van der Waals surface area contributed by atoms with Crippen molar-refractivity contribution < 1.29 is 19.3 Å². The average molecular weight is 489 g/mol. The molecule has 5 aromatic carbocycles. The van der Waals surface area contributed by atoms with E-state index in [-0.39, 0.29) is 5.75 Å². The molecule has 0 unspecified atom stereocenters. The molecule has 0 atom stereocenters. The molecule has 0 fully saturated rings. The van der Waals surface area contributed by atoms with E-state index in [1.807, 2.05) is 91.0 Å². The number of phenols is 1. The third-order valence-electron chi connectivity index (χ3n) is 6.52. The van der Waals surface area contributed by atoms with E-state index in [2.05, 4.69) is 18.2 Å². The van der Waals surface area contributed by atoms with Gasteiger partial charge in [-0.3, -0.25) is 0 Å². The lowest BCUT2D eigenvalue weighted by molar-refractivity contribution is 0.415. The minimum absolute atomic E-state index is 0.203. The molecule has 0 bridgehead atoms. The minimum atomic E-state index is 0.203. The van der Waals surface area contributed by atoms with E-state index in [1.165, 1.54) is 0 Å². The number of methoxy groups -OCH3 is 3.